The molecule has 0 amide bonds. The van der Waals surface area contributed by atoms with Crippen LogP contribution in [0, 0.1) is 18.3 Å². The van der Waals surface area contributed by atoms with E-state index in [-0.39, 0.29) is 0 Å². The number of fused-ring (bicyclic) bond motifs is 1. The molecule has 1 aromatic heterocycles. The van der Waals surface area contributed by atoms with E-state index < -0.39 is 0 Å². The van der Waals surface area contributed by atoms with E-state index in [0.29, 0.717) is 17.6 Å². The van der Waals surface area contributed by atoms with Crippen LogP contribution in [0.4, 0.5) is 5.95 Å². The average Bonchev–Trinajstić information content (AvgIpc) is 2.39. The third-order valence-electron chi connectivity index (χ3n) is 3.44. The molecule has 1 heterocycles. The Hall–Kier alpha value is -2.41. The predicted molar refractivity (Wildman–Crippen MR) is 72.9 cm³/mol. The average molecular weight is 250 g/mol. The maximum absolute atomic E-state index is 8.88. The second-order valence-corrected chi connectivity index (χ2v) is 4.81. The summed E-state index contributed by atoms with van der Waals surface area (Å²) in [5, 5.41) is 12.1. The lowest BCUT2D eigenvalue weighted by Crippen LogP contribution is -2.24. The molecule has 0 saturated heterocycles. The van der Waals surface area contributed by atoms with Crippen LogP contribution in [0.2, 0.25) is 0 Å². The van der Waals surface area contributed by atoms with Gasteiger partial charge >= 0.3 is 0 Å². The van der Waals surface area contributed by atoms with Crippen LogP contribution in [0.15, 0.2) is 30.3 Å². The Morgan fingerprint density at radius 1 is 1.37 bits per heavy atom. The molecule has 0 bridgehead atoms. The number of nitrogens with one attached hydrogen (secondary N) is 1. The number of nitriles is 1. The number of benzene rings is 1. The molecular weight excluding hydrogens is 236 g/mol. The van der Waals surface area contributed by atoms with Gasteiger partial charge in [-0.3, -0.25) is 0 Å². The number of nitrogens with zero attached hydrogens (tertiary/aromatic N) is 3. The van der Waals surface area contributed by atoms with Gasteiger partial charge in [0.05, 0.1) is 0 Å². The van der Waals surface area contributed by atoms with Crippen molar-refractivity contribution in [3.63, 3.8) is 0 Å². The topological polar surface area (TPSA) is 61.6 Å². The number of aromatic nitrogens is 2. The van der Waals surface area contributed by atoms with Gasteiger partial charge in [-0.15, -0.1) is 0 Å². The zero-order chi connectivity index (χ0) is 13.2. The van der Waals surface area contributed by atoms with Crippen molar-refractivity contribution in [1.82, 2.24) is 9.97 Å². The SMILES string of the molecule is Cc1cc(C#N)nc(NCC2Cc3ccccc32)n1. The van der Waals surface area contributed by atoms with E-state index in [2.05, 4.69) is 39.6 Å². The van der Waals surface area contributed by atoms with Crippen molar-refractivity contribution in [3.8, 4) is 6.07 Å². The minimum atomic E-state index is 0.406. The third-order valence-corrected chi connectivity index (χ3v) is 3.44. The van der Waals surface area contributed by atoms with Gasteiger partial charge in [0, 0.05) is 18.2 Å². The number of aryl methyl sites for hydroxylation is 1. The standard InChI is InChI=1S/C15H14N4/c1-10-6-13(8-16)19-15(18-10)17-9-12-7-11-4-2-3-5-14(11)12/h2-6,12H,7,9H2,1H3,(H,17,18,19). The van der Waals surface area contributed by atoms with Crippen molar-refractivity contribution in [1.29, 1.82) is 5.26 Å². The third kappa shape index (κ3) is 2.27. The van der Waals surface area contributed by atoms with Gasteiger partial charge in [-0.1, -0.05) is 24.3 Å². The molecule has 0 radical (unpaired) electrons. The molecule has 1 aliphatic rings. The predicted octanol–water partition coefficient (Wildman–Crippen LogP) is 2.41. The molecule has 4 heteroatoms. The Labute approximate surface area is 112 Å². The van der Waals surface area contributed by atoms with E-state index >= 15 is 0 Å². The van der Waals surface area contributed by atoms with Crippen molar-refractivity contribution < 1.29 is 0 Å². The maximum atomic E-state index is 8.88. The summed E-state index contributed by atoms with van der Waals surface area (Å²) in [5.41, 5.74) is 4.05. The molecule has 1 atom stereocenters. The number of hydrogen-bond donors (Lipinski definition) is 1. The van der Waals surface area contributed by atoms with Crippen LogP contribution in [-0.2, 0) is 6.42 Å². The second kappa shape index (κ2) is 4.69. The summed E-state index contributed by atoms with van der Waals surface area (Å²) in [6.45, 7) is 2.68. The Bertz CT molecular complexity index is 657. The van der Waals surface area contributed by atoms with Crippen LogP contribution in [-0.4, -0.2) is 16.5 Å². The molecule has 1 N–H and O–H groups in total. The molecule has 0 fully saturated rings. The van der Waals surface area contributed by atoms with Crippen molar-refractivity contribution in [2.75, 3.05) is 11.9 Å². The highest BCUT2D eigenvalue weighted by atomic mass is 15.1. The van der Waals surface area contributed by atoms with E-state index in [1.54, 1.807) is 6.07 Å². The van der Waals surface area contributed by atoms with E-state index in [9.17, 15) is 0 Å². The number of anilines is 1. The maximum Gasteiger partial charge on any atom is 0.224 e. The fraction of sp³-hybridized carbons (Fsp3) is 0.267. The number of rotatable bonds is 3. The molecule has 94 valence electrons. The minimum Gasteiger partial charge on any atom is -0.354 e. The Kier molecular flexibility index (Phi) is 2.88. The summed E-state index contributed by atoms with van der Waals surface area (Å²) < 4.78 is 0. The Balaban J connectivity index is 1.68. The van der Waals surface area contributed by atoms with Crippen LogP contribution in [0.3, 0.4) is 0 Å². The van der Waals surface area contributed by atoms with Crippen molar-refractivity contribution in [3.05, 3.63) is 52.8 Å². The summed E-state index contributed by atoms with van der Waals surface area (Å²) in [6, 6.07) is 12.2. The summed E-state index contributed by atoms with van der Waals surface area (Å²) in [4.78, 5) is 8.45. The Morgan fingerprint density at radius 2 is 2.21 bits per heavy atom. The monoisotopic (exact) mass is 250 g/mol. The van der Waals surface area contributed by atoms with E-state index in [1.807, 2.05) is 13.0 Å². The molecule has 0 saturated carbocycles. The fourth-order valence-corrected chi connectivity index (χ4v) is 2.46. The highest BCUT2D eigenvalue weighted by Gasteiger charge is 2.25. The molecule has 4 nitrogen and oxygen atoms in total. The lowest BCUT2D eigenvalue weighted by atomic mass is 9.78. The molecule has 0 spiro atoms. The van der Waals surface area contributed by atoms with Gasteiger partial charge in [-0.05, 0) is 30.5 Å². The summed E-state index contributed by atoms with van der Waals surface area (Å²) in [7, 11) is 0. The van der Waals surface area contributed by atoms with E-state index in [1.165, 1.54) is 11.1 Å². The Morgan fingerprint density at radius 3 is 3.00 bits per heavy atom. The van der Waals surface area contributed by atoms with Crippen molar-refractivity contribution >= 4 is 5.95 Å². The largest absolute Gasteiger partial charge is 0.354 e. The smallest absolute Gasteiger partial charge is 0.224 e. The van der Waals surface area contributed by atoms with Gasteiger partial charge in [0.15, 0.2) is 0 Å². The van der Waals surface area contributed by atoms with Gasteiger partial charge < -0.3 is 5.32 Å². The second-order valence-electron chi connectivity index (χ2n) is 4.81. The highest BCUT2D eigenvalue weighted by Crippen LogP contribution is 2.34. The quantitative estimate of drug-likeness (QED) is 0.908. The zero-order valence-corrected chi connectivity index (χ0v) is 10.7. The molecule has 19 heavy (non-hydrogen) atoms. The summed E-state index contributed by atoms with van der Waals surface area (Å²) in [5.74, 6) is 1.06. The molecular formula is C15H14N4. The molecule has 1 aliphatic carbocycles. The van der Waals surface area contributed by atoms with Gasteiger partial charge in [-0.2, -0.15) is 5.26 Å². The van der Waals surface area contributed by atoms with Gasteiger partial charge in [0.2, 0.25) is 5.95 Å². The number of hydrogen-bond acceptors (Lipinski definition) is 4. The summed E-state index contributed by atoms with van der Waals surface area (Å²) in [6.07, 6.45) is 1.10. The van der Waals surface area contributed by atoms with Crippen LogP contribution in [0.25, 0.3) is 0 Å². The zero-order valence-electron chi connectivity index (χ0n) is 10.7. The lowest BCUT2D eigenvalue weighted by molar-refractivity contribution is 0.633. The van der Waals surface area contributed by atoms with E-state index in [0.717, 1.165) is 18.7 Å². The van der Waals surface area contributed by atoms with Crippen molar-refractivity contribution in [2.45, 2.75) is 19.3 Å². The van der Waals surface area contributed by atoms with Gasteiger partial charge in [0.1, 0.15) is 11.8 Å². The van der Waals surface area contributed by atoms with Gasteiger partial charge in [0.25, 0.3) is 0 Å². The highest BCUT2D eigenvalue weighted by molar-refractivity contribution is 5.42. The molecule has 1 aromatic carbocycles. The molecule has 3 rings (SSSR count). The molecule has 0 aliphatic heterocycles. The van der Waals surface area contributed by atoms with Gasteiger partial charge in [-0.25, -0.2) is 9.97 Å². The minimum absolute atomic E-state index is 0.406. The molecule has 2 aromatic rings. The van der Waals surface area contributed by atoms with Crippen LogP contribution in [0.1, 0.15) is 28.4 Å². The first kappa shape index (κ1) is 11.7. The van der Waals surface area contributed by atoms with Crippen molar-refractivity contribution in [2.24, 2.45) is 0 Å². The first-order valence-electron chi connectivity index (χ1n) is 6.34. The normalized spacial score (nSPS) is 16.1. The fourth-order valence-electron chi connectivity index (χ4n) is 2.46. The van der Waals surface area contributed by atoms with Crippen LogP contribution < -0.4 is 5.32 Å². The van der Waals surface area contributed by atoms with Crippen LogP contribution in [0.5, 0.6) is 0 Å². The first-order chi connectivity index (χ1) is 9.26. The molecule has 1 unspecified atom stereocenters. The lowest BCUT2D eigenvalue weighted by Gasteiger charge is -2.30. The van der Waals surface area contributed by atoms with Crippen LogP contribution >= 0.6 is 0 Å². The van der Waals surface area contributed by atoms with E-state index in [4.69, 9.17) is 5.26 Å². The summed E-state index contributed by atoms with van der Waals surface area (Å²) >= 11 is 0. The first-order valence-corrected chi connectivity index (χ1v) is 6.34.